The number of amides is 1. The van der Waals surface area contributed by atoms with Crippen LogP contribution in [-0.2, 0) is 4.74 Å². The summed E-state index contributed by atoms with van der Waals surface area (Å²) < 4.78 is 20.9. The number of aryl methyl sites for hydroxylation is 1. The SMILES string of the molecule is Cc1cc(-c2ccccc2F)c(NC(=O)c2cnc(C(C)C)nc2)c(N2C[C@@H]3CC[C@@H](COC3)C2)n1. The molecule has 2 aromatic heterocycles. The van der Waals surface area contributed by atoms with Gasteiger partial charge in [-0.1, -0.05) is 32.0 Å². The smallest absolute Gasteiger partial charge is 0.258 e. The van der Waals surface area contributed by atoms with Crippen LogP contribution < -0.4 is 10.2 Å². The highest BCUT2D eigenvalue weighted by molar-refractivity contribution is 6.08. The first-order valence-electron chi connectivity index (χ1n) is 12.6. The molecule has 2 aliphatic heterocycles. The molecule has 2 aliphatic rings. The summed E-state index contributed by atoms with van der Waals surface area (Å²) in [4.78, 5) is 29.2. The molecule has 1 amide bonds. The van der Waals surface area contributed by atoms with E-state index in [1.807, 2.05) is 26.8 Å². The first-order valence-corrected chi connectivity index (χ1v) is 12.6. The Morgan fingerprint density at radius 3 is 2.39 bits per heavy atom. The van der Waals surface area contributed by atoms with E-state index >= 15 is 4.39 Å². The molecule has 188 valence electrons. The van der Waals surface area contributed by atoms with E-state index in [1.165, 1.54) is 18.5 Å². The van der Waals surface area contributed by atoms with E-state index < -0.39 is 0 Å². The fourth-order valence-corrected chi connectivity index (χ4v) is 5.04. The largest absolute Gasteiger partial charge is 0.381 e. The van der Waals surface area contributed by atoms with Crippen LogP contribution in [0.4, 0.5) is 15.9 Å². The van der Waals surface area contributed by atoms with Gasteiger partial charge < -0.3 is 15.0 Å². The molecule has 8 heteroatoms. The molecule has 7 nitrogen and oxygen atoms in total. The van der Waals surface area contributed by atoms with Gasteiger partial charge in [0.15, 0.2) is 5.82 Å². The highest BCUT2D eigenvalue weighted by Gasteiger charge is 2.31. The molecule has 0 radical (unpaired) electrons. The molecule has 1 N–H and O–H groups in total. The van der Waals surface area contributed by atoms with E-state index in [1.54, 1.807) is 18.2 Å². The van der Waals surface area contributed by atoms with Gasteiger partial charge in [-0.05, 0) is 43.7 Å². The summed E-state index contributed by atoms with van der Waals surface area (Å²) in [7, 11) is 0. The predicted molar refractivity (Wildman–Crippen MR) is 138 cm³/mol. The monoisotopic (exact) mass is 489 g/mol. The maximum absolute atomic E-state index is 15.0. The zero-order valence-corrected chi connectivity index (χ0v) is 21.0. The van der Waals surface area contributed by atoms with Gasteiger partial charge in [0, 0.05) is 48.2 Å². The first-order chi connectivity index (χ1) is 17.4. The van der Waals surface area contributed by atoms with E-state index in [0.717, 1.165) is 44.8 Å². The summed E-state index contributed by atoms with van der Waals surface area (Å²) in [6.45, 7) is 8.90. The third kappa shape index (κ3) is 5.09. The number of hydrogen-bond donors (Lipinski definition) is 1. The second-order valence-electron chi connectivity index (χ2n) is 10.2. The Kier molecular flexibility index (Phi) is 6.96. The van der Waals surface area contributed by atoms with Crippen LogP contribution in [0.5, 0.6) is 0 Å². The lowest BCUT2D eigenvalue weighted by atomic mass is 10.0. The molecule has 0 spiro atoms. The number of fused-ring (bicyclic) bond motifs is 3. The quantitative estimate of drug-likeness (QED) is 0.529. The number of rotatable bonds is 5. The maximum atomic E-state index is 15.0. The molecule has 4 heterocycles. The molecule has 0 unspecified atom stereocenters. The molecule has 3 aromatic rings. The molecular weight excluding hydrogens is 457 g/mol. The average molecular weight is 490 g/mol. The number of nitrogens with zero attached hydrogens (tertiary/aromatic N) is 4. The molecule has 0 saturated carbocycles. The molecule has 2 atom stereocenters. The summed E-state index contributed by atoms with van der Waals surface area (Å²) in [6.07, 6.45) is 5.29. The normalized spacial score (nSPS) is 19.8. The van der Waals surface area contributed by atoms with Crippen LogP contribution in [0.3, 0.4) is 0 Å². The van der Waals surface area contributed by atoms with Crippen LogP contribution in [0.2, 0.25) is 0 Å². The number of hydrogen-bond acceptors (Lipinski definition) is 6. The third-order valence-corrected chi connectivity index (χ3v) is 6.93. The van der Waals surface area contributed by atoms with Gasteiger partial charge in [-0.3, -0.25) is 4.79 Å². The Morgan fingerprint density at radius 1 is 1.08 bits per heavy atom. The van der Waals surface area contributed by atoms with Gasteiger partial charge in [0.05, 0.1) is 24.5 Å². The highest BCUT2D eigenvalue weighted by atomic mass is 19.1. The number of nitrogens with one attached hydrogen (secondary N) is 1. The number of benzene rings is 1. The minimum Gasteiger partial charge on any atom is -0.381 e. The van der Waals surface area contributed by atoms with Gasteiger partial charge >= 0.3 is 0 Å². The van der Waals surface area contributed by atoms with E-state index in [2.05, 4.69) is 20.2 Å². The Hall–Kier alpha value is -3.39. The molecule has 36 heavy (non-hydrogen) atoms. The first kappa shape index (κ1) is 24.3. The number of aromatic nitrogens is 3. The summed E-state index contributed by atoms with van der Waals surface area (Å²) in [5.74, 6) is 1.57. The zero-order chi connectivity index (χ0) is 25.2. The topological polar surface area (TPSA) is 80.2 Å². The highest BCUT2D eigenvalue weighted by Crippen LogP contribution is 2.39. The number of ether oxygens (including phenoxy) is 1. The summed E-state index contributed by atoms with van der Waals surface area (Å²) in [6, 6.07) is 8.45. The average Bonchev–Trinajstić information content (AvgIpc) is 3.20. The zero-order valence-electron chi connectivity index (χ0n) is 21.0. The van der Waals surface area contributed by atoms with Gasteiger partial charge in [-0.25, -0.2) is 19.3 Å². The van der Waals surface area contributed by atoms with Gasteiger partial charge in [0.25, 0.3) is 5.91 Å². The molecular formula is C28H32FN5O2. The van der Waals surface area contributed by atoms with Crippen LogP contribution in [0.15, 0.2) is 42.7 Å². The van der Waals surface area contributed by atoms with Crippen molar-refractivity contribution in [2.75, 3.05) is 36.5 Å². The van der Waals surface area contributed by atoms with E-state index in [0.29, 0.717) is 45.9 Å². The maximum Gasteiger partial charge on any atom is 0.258 e. The lowest BCUT2D eigenvalue weighted by molar-refractivity contribution is 0.0878. The number of anilines is 2. The molecule has 1 aromatic carbocycles. The summed E-state index contributed by atoms with van der Waals surface area (Å²) in [5.41, 5.74) is 2.63. The van der Waals surface area contributed by atoms with Crippen molar-refractivity contribution in [1.82, 2.24) is 15.0 Å². The molecule has 2 fully saturated rings. The number of pyridine rings is 1. The van der Waals surface area contributed by atoms with Crippen LogP contribution in [-0.4, -0.2) is 47.2 Å². The minimum atomic E-state index is -0.354. The van der Waals surface area contributed by atoms with Crippen LogP contribution in [0.25, 0.3) is 11.1 Å². The Labute approximate surface area is 211 Å². The van der Waals surface area contributed by atoms with Crippen molar-refractivity contribution >= 4 is 17.4 Å². The lowest BCUT2D eigenvalue weighted by Crippen LogP contribution is -2.37. The van der Waals surface area contributed by atoms with Gasteiger partial charge in [-0.2, -0.15) is 0 Å². The van der Waals surface area contributed by atoms with E-state index in [4.69, 9.17) is 9.72 Å². The van der Waals surface area contributed by atoms with E-state index in [9.17, 15) is 4.79 Å². The van der Waals surface area contributed by atoms with Crippen LogP contribution in [0.1, 0.15) is 54.5 Å². The number of halogens is 1. The van der Waals surface area contributed by atoms with Gasteiger partial charge in [0.2, 0.25) is 0 Å². The van der Waals surface area contributed by atoms with Crippen LogP contribution in [0, 0.1) is 24.6 Å². The van der Waals surface area contributed by atoms with Crippen molar-refractivity contribution < 1.29 is 13.9 Å². The molecule has 5 rings (SSSR count). The standard InChI is InChI=1S/C28H32FN5O2/c1-17(2)26-30-11-21(12-31-26)28(35)33-25-23(22-6-4-5-7-24(22)29)10-18(3)32-27(25)34-13-19-8-9-20(14-34)16-36-15-19/h4-7,10-12,17,19-20H,8-9,13-16H2,1-3H3,(H,33,35)/t19-,20+. The number of carbonyl (C=O) groups is 1. The van der Waals surface area contributed by atoms with Crippen molar-refractivity contribution in [3.05, 3.63) is 65.6 Å². The summed E-state index contributed by atoms with van der Waals surface area (Å²) in [5, 5.41) is 3.06. The summed E-state index contributed by atoms with van der Waals surface area (Å²) >= 11 is 0. The second-order valence-corrected chi connectivity index (χ2v) is 10.2. The third-order valence-electron chi connectivity index (χ3n) is 6.93. The molecule has 2 bridgehead atoms. The van der Waals surface area contributed by atoms with Crippen molar-refractivity contribution in [3.63, 3.8) is 0 Å². The fraction of sp³-hybridized carbons (Fsp3) is 0.429. The predicted octanol–water partition coefficient (Wildman–Crippen LogP) is 5.22. The lowest BCUT2D eigenvalue weighted by Gasteiger charge is -2.32. The Bertz CT molecular complexity index is 1230. The van der Waals surface area contributed by atoms with Crippen molar-refractivity contribution in [3.8, 4) is 11.1 Å². The van der Waals surface area contributed by atoms with E-state index in [-0.39, 0.29) is 17.6 Å². The fourth-order valence-electron chi connectivity index (χ4n) is 5.04. The number of carbonyl (C=O) groups excluding carboxylic acids is 1. The Morgan fingerprint density at radius 2 is 1.75 bits per heavy atom. The van der Waals surface area contributed by atoms with Crippen molar-refractivity contribution in [2.24, 2.45) is 11.8 Å². The Balaban J connectivity index is 1.59. The molecule has 0 aliphatic carbocycles. The molecule has 2 saturated heterocycles. The van der Waals surface area contributed by atoms with Crippen LogP contribution >= 0.6 is 0 Å². The van der Waals surface area contributed by atoms with Crippen molar-refractivity contribution in [2.45, 2.75) is 39.5 Å². The van der Waals surface area contributed by atoms with Crippen molar-refractivity contribution in [1.29, 1.82) is 0 Å². The van der Waals surface area contributed by atoms with Gasteiger partial charge in [-0.15, -0.1) is 0 Å². The minimum absolute atomic E-state index is 0.161. The van der Waals surface area contributed by atoms with Gasteiger partial charge in [0.1, 0.15) is 11.6 Å². The second kappa shape index (κ2) is 10.3.